The maximum Gasteiger partial charge on any atom is 0.351 e. The van der Waals surface area contributed by atoms with Crippen molar-refractivity contribution in [3.8, 4) is 0 Å². The number of aromatic nitrogens is 1. The number of pyridine rings is 1. The fourth-order valence-corrected chi connectivity index (χ4v) is 5.69. The monoisotopic (exact) mass is 498 g/mol. The van der Waals surface area contributed by atoms with Crippen LogP contribution in [0.1, 0.15) is 34.3 Å². The largest absolute Gasteiger partial charge is 0.351 e. The van der Waals surface area contributed by atoms with Crippen molar-refractivity contribution in [2.45, 2.75) is 18.3 Å². The van der Waals surface area contributed by atoms with Crippen LogP contribution in [-0.2, 0) is 5.41 Å². The summed E-state index contributed by atoms with van der Waals surface area (Å²) in [5.74, 6) is -2.36. The zero-order valence-corrected chi connectivity index (χ0v) is 19.7. The molecule has 1 aromatic heterocycles. The van der Waals surface area contributed by atoms with Gasteiger partial charge in [-0.2, -0.15) is 0 Å². The molecule has 2 aromatic carbocycles. The van der Waals surface area contributed by atoms with Crippen LogP contribution < -0.4 is 9.80 Å². The average Bonchev–Trinajstić information content (AvgIpc) is 3.10. The zero-order valence-electron chi connectivity index (χ0n) is 18.9. The number of carbonyl (C=O) groups is 1. The van der Waals surface area contributed by atoms with Crippen molar-refractivity contribution in [3.05, 3.63) is 100 Å². The van der Waals surface area contributed by atoms with Gasteiger partial charge < -0.3 is 5.32 Å². The third-order valence-electron chi connectivity index (χ3n) is 7.16. The number of quaternary nitrogens is 1. The normalized spacial score (nSPS) is 20.9. The molecule has 1 spiro atoms. The number of nitrogens with one attached hydrogen (secondary N) is 1. The minimum absolute atomic E-state index is 0.0594. The Bertz CT molecular complexity index is 1320. The first-order valence-electron chi connectivity index (χ1n) is 11.5. The molecule has 1 fully saturated rings. The lowest BCUT2D eigenvalue weighted by atomic mass is 9.74. The van der Waals surface area contributed by atoms with Gasteiger partial charge in [0.05, 0.1) is 11.0 Å². The van der Waals surface area contributed by atoms with Gasteiger partial charge in [0.25, 0.3) is 0 Å². The molecule has 0 radical (unpaired) electrons. The quantitative estimate of drug-likeness (QED) is 0.373. The van der Waals surface area contributed by atoms with Crippen LogP contribution in [0.3, 0.4) is 0 Å². The number of fused-ring (bicyclic) bond motifs is 2. The molecule has 1 amide bonds. The van der Waals surface area contributed by atoms with Gasteiger partial charge in [-0.15, -0.1) is 0 Å². The topological polar surface area (TPSA) is 42.0 Å². The maximum atomic E-state index is 14.5. The first-order chi connectivity index (χ1) is 16.8. The Hall–Kier alpha value is -3.00. The highest BCUT2D eigenvalue weighted by Crippen LogP contribution is 2.51. The number of hydrogen-bond acceptors (Lipinski definition) is 3. The van der Waals surface area contributed by atoms with E-state index < -0.39 is 11.6 Å². The maximum absolute atomic E-state index is 14.5. The van der Waals surface area contributed by atoms with Crippen LogP contribution in [0.5, 0.6) is 0 Å². The zero-order chi connectivity index (χ0) is 24.6. The summed E-state index contributed by atoms with van der Waals surface area (Å²) in [5, 5.41) is 3.57. The van der Waals surface area contributed by atoms with E-state index in [2.05, 4.69) is 10.3 Å². The van der Waals surface area contributed by atoms with E-state index in [-0.39, 0.29) is 33.3 Å². The molecule has 4 nitrogen and oxygen atoms in total. The molecule has 2 aliphatic heterocycles. The van der Waals surface area contributed by atoms with Crippen molar-refractivity contribution < 1.29 is 18.0 Å². The fourth-order valence-electron chi connectivity index (χ4n) is 5.52. The van der Waals surface area contributed by atoms with E-state index >= 15 is 0 Å². The van der Waals surface area contributed by atoms with Gasteiger partial charge in [-0.3, -0.25) is 0 Å². The summed E-state index contributed by atoms with van der Waals surface area (Å²) in [6.07, 6.45) is 6.51. The summed E-state index contributed by atoms with van der Waals surface area (Å²) in [6, 6.07) is 11.5. The average molecular weight is 499 g/mol. The van der Waals surface area contributed by atoms with E-state index in [0.717, 1.165) is 49.3 Å². The Morgan fingerprint density at radius 3 is 2.60 bits per heavy atom. The molecule has 0 bridgehead atoms. The standard InChI is InChI=1S/C27H24ClF3N3O/c28-25-15-19(7-10-33-25)26(35)34(13-1-2-18-3-5-22(30)23(31)14-18)17-27(8-11-32-12-9-27)21-16-20(29)4-6-24(21)34/h1-7,10,14-16,32H,8-9,11-13,17H2/q+1/b2-1+. The van der Waals surface area contributed by atoms with Crippen molar-refractivity contribution in [1.82, 2.24) is 14.8 Å². The molecule has 0 aliphatic carbocycles. The second-order valence-electron chi connectivity index (χ2n) is 9.25. The van der Waals surface area contributed by atoms with Gasteiger partial charge in [-0.1, -0.05) is 23.7 Å². The smallest absolute Gasteiger partial charge is 0.317 e. The van der Waals surface area contributed by atoms with Gasteiger partial charge in [-0.25, -0.2) is 27.4 Å². The Morgan fingerprint density at radius 2 is 1.86 bits per heavy atom. The van der Waals surface area contributed by atoms with Crippen molar-refractivity contribution >= 4 is 29.3 Å². The SMILES string of the molecule is O=C(c1ccnc(Cl)c1)[N+]1(C/C=C/c2ccc(F)c(F)c2)CC2(CCNCC2)c2cc(F)ccc21. The van der Waals surface area contributed by atoms with Crippen LogP contribution >= 0.6 is 11.6 Å². The minimum atomic E-state index is -0.936. The summed E-state index contributed by atoms with van der Waals surface area (Å²) in [4.78, 5) is 18.2. The molecule has 3 aromatic rings. The number of piperidine rings is 1. The van der Waals surface area contributed by atoms with E-state index in [0.29, 0.717) is 17.7 Å². The van der Waals surface area contributed by atoms with E-state index in [1.54, 1.807) is 36.4 Å². The van der Waals surface area contributed by atoms with Gasteiger partial charge in [0.1, 0.15) is 29.7 Å². The van der Waals surface area contributed by atoms with E-state index in [9.17, 15) is 18.0 Å². The van der Waals surface area contributed by atoms with Crippen LogP contribution in [0.4, 0.5) is 18.9 Å². The number of benzene rings is 2. The number of carbonyl (C=O) groups excluding carboxylic acids is 1. The second-order valence-corrected chi connectivity index (χ2v) is 9.64. The molecule has 3 heterocycles. The third kappa shape index (κ3) is 4.29. The van der Waals surface area contributed by atoms with E-state index in [4.69, 9.17) is 11.6 Å². The minimum Gasteiger partial charge on any atom is -0.317 e. The molecule has 5 rings (SSSR count). The Kier molecular flexibility index (Phi) is 6.25. The van der Waals surface area contributed by atoms with Crippen LogP contribution in [0, 0.1) is 17.5 Å². The molecule has 1 saturated heterocycles. The first-order valence-corrected chi connectivity index (χ1v) is 11.9. The molecule has 180 valence electrons. The Morgan fingerprint density at radius 1 is 1.06 bits per heavy atom. The molecular weight excluding hydrogens is 475 g/mol. The molecule has 1 unspecified atom stereocenters. The van der Waals surface area contributed by atoms with Gasteiger partial charge >= 0.3 is 5.91 Å². The summed E-state index contributed by atoms with van der Waals surface area (Å²) in [7, 11) is 0. The molecular formula is C27H24ClF3N3O+. The lowest BCUT2D eigenvalue weighted by Gasteiger charge is -2.36. The van der Waals surface area contributed by atoms with E-state index in [1.807, 2.05) is 0 Å². The molecule has 1 atom stereocenters. The summed E-state index contributed by atoms with van der Waals surface area (Å²) < 4.78 is 41.5. The van der Waals surface area contributed by atoms with Gasteiger partial charge in [0.2, 0.25) is 0 Å². The summed E-state index contributed by atoms with van der Waals surface area (Å²) in [6.45, 7) is 2.27. The second kappa shape index (κ2) is 9.22. The van der Waals surface area contributed by atoms with Gasteiger partial charge in [0, 0.05) is 17.8 Å². The molecule has 8 heteroatoms. The number of halogens is 4. The number of amides is 1. The number of hydrogen-bond donors (Lipinski definition) is 1. The van der Waals surface area contributed by atoms with Crippen molar-refractivity contribution in [2.75, 3.05) is 26.2 Å². The number of nitrogens with zero attached hydrogens (tertiary/aromatic N) is 2. The predicted octanol–water partition coefficient (Wildman–Crippen LogP) is 5.65. The highest BCUT2D eigenvalue weighted by Gasteiger charge is 2.57. The first kappa shape index (κ1) is 23.7. The summed E-state index contributed by atoms with van der Waals surface area (Å²) in [5.41, 5.74) is 2.14. The lowest BCUT2D eigenvalue weighted by molar-refractivity contribution is 0.0759. The molecule has 1 N–H and O–H groups in total. The van der Waals surface area contributed by atoms with Crippen LogP contribution in [0.15, 0.2) is 60.8 Å². The van der Waals surface area contributed by atoms with Gasteiger partial charge in [0.15, 0.2) is 11.6 Å². The molecule has 2 aliphatic rings. The van der Waals surface area contributed by atoms with Crippen molar-refractivity contribution in [1.29, 1.82) is 0 Å². The number of rotatable bonds is 4. The highest BCUT2D eigenvalue weighted by molar-refractivity contribution is 6.29. The van der Waals surface area contributed by atoms with Crippen LogP contribution in [-0.4, -0.2) is 37.1 Å². The predicted molar refractivity (Wildman–Crippen MR) is 131 cm³/mol. The van der Waals surface area contributed by atoms with Crippen molar-refractivity contribution in [3.63, 3.8) is 0 Å². The fraction of sp³-hybridized carbons (Fsp3) is 0.259. The van der Waals surface area contributed by atoms with Crippen LogP contribution in [0.25, 0.3) is 6.08 Å². The van der Waals surface area contributed by atoms with Crippen molar-refractivity contribution in [2.24, 2.45) is 0 Å². The Labute approximate surface area is 206 Å². The Balaban J connectivity index is 1.62. The molecule has 35 heavy (non-hydrogen) atoms. The van der Waals surface area contributed by atoms with E-state index in [1.165, 1.54) is 18.3 Å². The lowest BCUT2D eigenvalue weighted by Crippen LogP contribution is -2.57. The molecule has 0 saturated carbocycles. The third-order valence-corrected chi connectivity index (χ3v) is 7.36. The van der Waals surface area contributed by atoms with Crippen LogP contribution in [0.2, 0.25) is 5.15 Å². The summed E-state index contributed by atoms with van der Waals surface area (Å²) >= 11 is 6.11. The highest BCUT2D eigenvalue weighted by atomic mass is 35.5. The van der Waals surface area contributed by atoms with Gasteiger partial charge in [-0.05, 0) is 74.0 Å².